The van der Waals surface area contributed by atoms with Gasteiger partial charge in [-0.05, 0) is 43.7 Å². The lowest BCUT2D eigenvalue weighted by Gasteiger charge is -2.19. The molecule has 0 spiro atoms. The number of rotatable bonds is 3. The lowest BCUT2D eigenvalue weighted by atomic mass is 9.85. The Bertz CT molecular complexity index is 803. The molecular formula is C17H15NO3. The highest BCUT2D eigenvalue weighted by Crippen LogP contribution is 2.29. The largest absolute Gasteiger partial charge is 0.481 e. The smallest absolute Gasteiger partial charge is 0.313 e. The molecule has 4 nitrogen and oxygen atoms in total. The second-order valence-electron chi connectivity index (χ2n) is 5.50. The molecule has 4 heteroatoms. The molecule has 106 valence electrons. The first-order valence-corrected chi connectivity index (χ1v) is 6.68. The Labute approximate surface area is 122 Å². The maximum Gasteiger partial charge on any atom is 0.313 e. The summed E-state index contributed by atoms with van der Waals surface area (Å²) < 4.78 is 5.72. The van der Waals surface area contributed by atoms with Crippen LogP contribution < -0.4 is 0 Å². The van der Waals surface area contributed by atoms with E-state index in [9.17, 15) is 9.90 Å². The minimum Gasteiger partial charge on any atom is -0.481 e. The van der Waals surface area contributed by atoms with E-state index in [1.54, 1.807) is 32.0 Å². The Morgan fingerprint density at radius 3 is 2.52 bits per heavy atom. The van der Waals surface area contributed by atoms with Crippen molar-refractivity contribution in [3.05, 3.63) is 54.1 Å². The number of hydrogen-bond donors (Lipinski definition) is 1. The molecule has 0 unspecified atom stereocenters. The molecule has 0 aliphatic heterocycles. The minimum absolute atomic E-state index is 0.538. The van der Waals surface area contributed by atoms with Crippen LogP contribution in [0.1, 0.15) is 19.4 Å². The number of benzene rings is 2. The van der Waals surface area contributed by atoms with Gasteiger partial charge >= 0.3 is 5.97 Å². The minimum atomic E-state index is -0.958. The van der Waals surface area contributed by atoms with Crippen LogP contribution in [0.5, 0.6) is 0 Å². The number of carboxylic acids is 1. The predicted octanol–water partition coefficient (Wildman–Crippen LogP) is 3.86. The summed E-state index contributed by atoms with van der Waals surface area (Å²) in [5.41, 5.74) is 1.96. The summed E-state index contributed by atoms with van der Waals surface area (Å²) in [7, 11) is 0. The molecule has 1 N–H and O–H groups in total. The van der Waals surface area contributed by atoms with Crippen molar-refractivity contribution in [3.8, 4) is 11.5 Å². The molecule has 21 heavy (non-hydrogen) atoms. The van der Waals surface area contributed by atoms with Gasteiger partial charge in [0.05, 0.1) is 5.41 Å². The van der Waals surface area contributed by atoms with Gasteiger partial charge in [-0.25, -0.2) is 4.98 Å². The van der Waals surface area contributed by atoms with E-state index in [-0.39, 0.29) is 0 Å². The zero-order valence-corrected chi connectivity index (χ0v) is 11.8. The number of aromatic nitrogens is 1. The lowest BCUT2D eigenvalue weighted by Crippen LogP contribution is -2.28. The van der Waals surface area contributed by atoms with Crippen molar-refractivity contribution in [2.45, 2.75) is 19.3 Å². The monoisotopic (exact) mass is 281 g/mol. The predicted molar refractivity (Wildman–Crippen MR) is 80.1 cm³/mol. The van der Waals surface area contributed by atoms with Gasteiger partial charge < -0.3 is 9.52 Å². The third kappa shape index (κ3) is 2.29. The molecule has 1 aromatic heterocycles. The van der Waals surface area contributed by atoms with Gasteiger partial charge in [0.15, 0.2) is 5.58 Å². The maximum absolute atomic E-state index is 11.3. The van der Waals surface area contributed by atoms with E-state index < -0.39 is 11.4 Å². The van der Waals surface area contributed by atoms with Crippen LogP contribution in [-0.4, -0.2) is 16.1 Å². The Morgan fingerprint density at radius 1 is 1.14 bits per heavy atom. The van der Waals surface area contributed by atoms with Crippen LogP contribution in [0.4, 0.5) is 0 Å². The normalized spacial score (nSPS) is 11.7. The Hall–Kier alpha value is -2.62. The fourth-order valence-corrected chi connectivity index (χ4v) is 2.14. The van der Waals surface area contributed by atoms with Crippen molar-refractivity contribution < 1.29 is 14.3 Å². The molecule has 0 fully saturated rings. The van der Waals surface area contributed by atoms with Gasteiger partial charge in [0.1, 0.15) is 5.52 Å². The first kappa shape index (κ1) is 13.4. The Balaban J connectivity index is 2.10. The van der Waals surface area contributed by atoms with Crippen molar-refractivity contribution in [2.24, 2.45) is 0 Å². The van der Waals surface area contributed by atoms with Crippen molar-refractivity contribution in [1.29, 1.82) is 0 Å². The van der Waals surface area contributed by atoms with E-state index in [0.29, 0.717) is 22.6 Å². The molecule has 0 saturated heterocycles. The van der Waals surface area contributed by atoms with E-state index in [1.807, 2.05) is 30.3 Å². The molecule has 3 rings (SSSR count). The zero-order chi connectivity index (χ0) is 15.0. The van der Waals surface area contributed by atoms with Crippen LogP contribution >= 0.6 is 0 Å². The fraction of sp³-hybridized carbons (Fsp3) is 0.176. The third-order valence-electron chi connectivity index (χ3n) is 3.66. The second-order valence-corrected chi connectivity index (χ2v) is 5.50. The summed E-state index contributed by atoms with van der Waals surface area (Å²) >= 11 is 0. The zero-order valence-electron chi connectivity index (χ0n) is 11.8. The number of carboxylic acid groups (broad SMARTS) is 1. The van der Waals surface area contributed by atoms with E-state index in [4.69, 9.17) is 4.42 Å². The van der Waals surface area contributed by atoms with Gasteiger partial charge in [-0.15, -0.1) is 0 Å². The molecule has 3 aromatic rings. The highest BCUT2D eigenvalue weighted by atomic mass is 16.4. The van der Waals surface area contributed by atoms with E-state index in [0.717, 1.165) is 5.56 Å². The fourth-order valence-electron chi connectivity index (χ4n) is 2.14. The number of carbonyl (C=O) groups is 1. The van der Waals surface area contributed by atoms with Crippen LogP contribution in [0.3, 0.4) is 0 Å². The van der Waals surface area contributed by atoms with Crippen molar-refractivity contribution >= 4 is 17.1 Å². The Kier molecular flexibility index (Phi) is 3.01. The molecule has 0 aliphatic carbocycles. The average Bonchev–Trinajstić information content (AvgIpc) is 2.91. The van der Waals surface area contributed by atoms with E-state index in [1.165, 1.54) is 0 Å². The van der Waals surface area contributed by atoms with Gasteiger partial charge in [0.25, 0.3) is 0 Å². The van der Waals surface area contributed by atoms with Crippen molar-refractivity contribution in [1.82, 2.24) is 4.98 Å². The highest BCUT2D eigenvalue weighted by molar-refractivity contribution is 5.84. The first-order chi connectivity index (χ1) is 9.98. The number of hydrogen-bond acceptors (Lipinski definition) is 3. The quantitative estimate of drug-likeness (QED) is 0.791. The summed E-state index contributed by atoms with van der Waals surface area (Å²) in [6.45, 7) is 3.35. The summed E-state index contributed by atoms with van der Waals surface area (Å²) in [4.78, 5) is 15.8. The standard InChI is InChI=1S/C17H15NO3/c1-17(2,16(19)20)12-8-9-14-13(10-12)18-15(21-14)11-6-4-3-5-7-11/h3-10H,1-2H3,(H,19,20). The maximum atomic E-state index is 11.3. The highest BCUT2D eigenvalue weighted by Gasteiger charge is 2.29. The van der Waals surface area contributed by atoms with Crippen molar-refractivity contribution in [2.75, 3.05) is 0 Å². The number of aliphatic carboxylic acids is 1. The van der Waals surface area contributed by atoms with Crippen LogP contribution in [0.2, 0.25) is 0 Å². The first-order valence-electron chi connectivity index (χ1n) is 6.68. The van der Waals surface area contributed by atoms with Crippen LogP contribution in [0, 0.1) is 0 Å². The molecule has 1 heterocycles. The summed E-state index contributed by atoms with van der Waals surface area (Å²) in [5.74, 6) is -0.329. The molecular weight excluding hydrogens is 266 g/mol. The molecule has 0 radical (unpaired) electrons. The third-order valence-corrected chi connectivity index (χ3v) is 3.66. The molecule has 0 bridgehead atoms. The molecule has 0 saturated carbocycles. The number of oxazole rings is 1. The van der Waals surface area contributed by atoms with Crippen LogP contribution in [0.15, 0.2) is 52.9 Å². The molecule has 2 aromatic carbocycles. The van der Waals surface area contributed by atoms with E-state index >= 15 is 0 Å². The lowest BCUT2D eigenvalue weighted by molar-refractivity contribution is -0.142. The summed E-state index contributed by atoms with van der Waals surface area (Å²) in [6, 6.07) is 14.9. The van der Waals surface area contributed by atoms with Crippen molar-refractivity contribution in [3.63, 3.8) is 0 Å². The van der Waals surface area contributed by atoms with Gasteiger partial charge in [-0.3, -0.25) is 4.79 Å². The van der Waals surface area contributed by atoms with Gasteiger partial charge in [-0.2, -0.15) is 0 Å². The summed E-state index contributed by atoms with van der Waals surface area (Å²) in [5, 5.41) is 9.31. The van der Waals surface area contributed by atoms with Gasteiger partial charge in [0, 0.05) is 5.56 Å². The topological polar surface area (TPSA) is 63.3 Å². The molecule has 0 atom stereocenters. The number of nitrogens with zero attached hydrogens (tertiary/aromatic N) is 1. The van der Waals surface area contributed by atoms with E-state index in [2.05, 4.69) is 4.98 Å². The van der Waals surface area contributed by atoms with Gasteiger partial charge in [-0.1, -0.05) is 24.3 Å². The number of fused-ring (bicyclic) bond motifs is 1. The van der Waals surface area contributed by atoms with Crippen LogP contribution in [0.25, 0.3) is 22.6 Å². The molecule has 0 aliphatic rings. The Morgan fingerprint density at radius 2 is 1.86 bits per heavy atom. The van der Waals surface area contributed by atoms with Gasteiger partial charge in [0.2, 0.25) is 5.89 Å². The average molecular weight is 281 g/mol. The summed E-state index contributed by atoms with van der Waals surface area (Å²) in [6.07, 6.45) is 0. The molecule has 0 amide bonds. The SMILES string of the molecule is CC(C)(C(=O)O)c1ccc2oc(-c3ccccc3)nc2c1. The second kappa shape index (κ2) is 4.74. The van der Waals surface area contributed by atoms with Crippen LogP contribution in [-0.2, 0) is 10.2 Å².